The van der Waals surface area contributed by atoms with Crippen LogP contribution in [0.1, 0.15) is 67.9 Å². The minimum atomic E-state index is -0.187. The van der Waals surface area contributed by atoms with Gasteiger partial charge in [0.15, 0.2) is 5.78 Å². The topological polar surface area (TPSA) is 49.7 Å². The minimum absolute atomic E-state index is 0.0236. The number of hydrogen-bond acceptors (Lipinski definition) is 3. The molecule has 174 valence electrons. The number of benzene rings is 2. The van der Waals surface area contributed by atoms with Gasteiger partial charge in [0, 0.05) is 35.1 Å². The average Bonchev–Trinajstić information content (AvgIpc) is 3.19. The Balaban J connectivity index is 1.67. The SMILES string of the molecule is CCCC=C(CCN=C(C)C1CCN(c2ccc(C(C)=O)cc2)C1=O)c1cc(Cl)ccc1C. The van der Waals surface area contributed by atoms with E-state index in [1.54, 1.807) is 24.0 Å². The molecule has 1 fully saturated rings. The number of aliphatic imine (C=N–C) groups is 1. The third kappa shape index (κ3) is 6.20. The summed E-state index contributed by atoms with van der Waals surface area (Å²) in [7, 11) is 0. The van der Waals surface area contributed by atoms with Crippen molar-refractivity contribution in [1.29, 1.82) is 0 Å². The lowest BCUT2D eigenvalue weighted by molar-refractivity contribution is -0.118. The summed E-state index contributed by atoms with van der Waals surface area (Å²) in [5.41, 5.74) is 6.03. The lowest BCUT2D eigenvalue weighted by atomic mass is 9.96. The summed E-state index contributed by atoms with van der Waals surface area (Å²) in [6.45, 7) is 9.10. The molecule has 1 atom stereocenters. The van der Waals surface area contributed by atoms with Crippen LogP contribution < -0.4 is 4.90 Å². The summed E-state index contributed by atoms with van der Waals surface area (Å²) in [5.74, 6) is -0.0804. The summed E-state index contributed by atoms with van der Waals surface area (Å²) in [6.07, 6.45) is 5.97. The summed E-state index contributed by atoms with van der Waals surface area (Å²) in [6, 6.07) is 13.3. The van der Waals surface area contributed by atoms with Gasteiger partial charge in [-0.3, -0.25) is 14.6 Å². The molecule has 0 aliphatic carbocycles. The fourth-order valence-electron chi connectivity index (χ4n) is 4.27. The Morgan fingerprint density at radius 3 is 2.58 bits per heavy atom. The molecule has 0 spiro atoms. The standard InChI is InChI=1S/C28H33ClN2O2/c1-5-6-7-23(27-18-24(29)11-8-19(27)2)14-16-30-20(3)26-15-17-31(28(26)33)25-12-9-22(10-13-25)21(4)32/h7-13,18,26H,5-6,14-17H2,1-4H3. The first-order valence-corrected chi connectivity index (χ1v) is 12.1. The van der Waals surface area contributed by atoms with Crippen molar-refractivity contribution in [2.75, 3.05) is 18.0 Å². The highest BCUT2D eigenvalue weighted by molar-refractivity contribution is 6.30. The summed E-state index contributed by atoms with van der Waals surface area (Å²) < 4.78 is 0. The second-order valence-corrected chi connectivity index (χ2v) is 9.12. The third-order valence-corrected chi connectivity index (χ3v) is 6.50. The number of ketones is 1. The van der Waals surface area contributed by atoms with Crippen molar-refractivity contribution >= 4 is 40.3 Å². The first kappa shape index (κ1) is 24.9. The molecule has 0 saturated carbocycles. The van der Waals surface area contributed by atoms with Crippen molar-refractivity contribution in [2.45, 2.75) is 53.4 Å². The van der Waals surface area contributed by atoms with Crippen molar-refractivity contribution in [1.82, 2.24) is 0 Å². The van der Waals surface area contributed by atoms with Gasteiger partial charge in [-0.05, 0) is 93.1 Å². The molecular weight excluding hydrogens is 432 g/mol. The Kier molecular flexibility index (Phi) is 8.62. The average molecular weight is 465 g/mol. The molecule has 1 unspecified atom stereocenters. The number of anilines is 1. The zero-order chi connectivity index (χ0) is 24.0. The van der Waals surface area contributed by atoms with Crippen LogP contribution in [0.4, 0.5) is 5.69 Å². The van der Waals surface area contributed by atoms with E-state index in [-0.39, 0.29) is 17.6 Å². The first-order chi connectivity index (χ1) is 15.8. The Morgan fingerprint density at radius 2 is 1.91 bits per heavy atom. The van der Waals surface area contributed by atoms with E-state index < -0.39 is 0 Å². The van der Waals surface area contributed by atoms with E-state index in [2.05, 4.69) is 26.0 Å². The molecule has 3 rings (SSSR count). The molecule has 1 amide bonds. The Labute approximate surface area is 202 Å². The van der Waals surface area contributed by atoms with E-state index in [9.17, 15) is 9.59 Å². The van der Waals surface area contributed by atoms with Gasteiger partial charge in [0.05, 0.1) is 5.92 Å². The number of rotatable bonds is 9. The number of nitrogens with zero attached hydrogens (tertiary/aromatic N) is 2. The quantitative estimate of drug-likeness (QED) is 0.298. The van der Waals surface area contributed by atoms with E-state index >= 15 is 0 Å². The van der Waals surface area contributed by atoms with Gasteiger partial charge in [-0.2, -0.15) is 0 Å². The number of halogens is 1. The number of amides is 1. The predicted molar refractivity (Wildman–Crippen MR) is 139 cm³/mol. The number of carbonyl (C=O) groups excluding carboxylic acids is 2. The fraction of sp³-hybridized carbons (Fsp3) is 0.393. The van der Waals surface area contributed by atoms with Gasteiger partial charge in [0.2, 0.25) is 5.91 Å². The molecular formula is C28H33ClN2O2. The zero-order valence-corrected chi connectivity index (χ0v) is 20.8. The highest BCUT2D eigenvalue weighted by Crippen LogP contribution is 2.28. The zero-order valence-electron chi connectivity index (χ0n) is 20.0. The molecule has 1 heterocycles. The fourth-order valence-corrected chi connectivity index (χ4v) is 4.44. The second-order valence-electron chi connectivity index (χ2n) is 8.68. The molecule has 0 radical (unpaired) electrons. The number of unbranched alkanes of at least 4 members (excludes halogenated alkanes) is 1. The first-order valence-electron chi connectivity index (χ1n) is 11.7. The van der Waals surface area contributed by atoms with Gasteiger partial charge in [-0.15, -0.1) is 0 Å². The van der Waals surface area contributed by atoms with Crippen LogP contribution in [0.2, 0.25) is 5.02 Å². The highest BCUT2D eigenvalue weighted by atomic mass is 35.5. The molecule has 0 aromatic heterocycles. The van der Waals surface area contributed by atoms with Crippen LogP contribution in [-0.4, -0.2) is 30.5 Å². The van der Waals surface area contributed by atoms with Crippen molar-refractivity contribution < 1.29 is 9.59 Å². The van der Waals surface area contributed by atoms with Crippen molar-refractivity contribution in [2.24, 2.45) is 10.9 Å². The molecule has 4 nitrogen and oxygen atoms in total. The maximum atomic E-state index is 13.1. The highest BCUT2D eigenvalue weighted by Gasteiger charge is 2.34. The molecule has 0 bridgehead atoms. The Hall–Kier alpha value is -2.72. The molecule has 33 heavy (non-hydrogen) atoms. The van der Waals surface area contributed by atoms with Gasteiger partial charge in [0.25, 0.3) is 0 Å². The molecule has 1 aliphatic heterocycles. The van der Waals surface area contributed by atoms with E-state index in [1.807, 2.05) is 31.2 Å². The molecule has 0 N–H and O–H groups in total. The Morgan fingerprint density at radius 1 is 1.18 bits per heavy atom. The van der Waals surface area contributed by atoms with Crippen LogP contribution in [0.25, 0.3) is 5.57 Å². The lowest BCUT2D eigenvalue weighted by Gasteiger charge is -2.17. The van der Waals surface area contributed by atoms with E-state index in [0.717, 1.165) is 42.1 Å². The largest absolute Gasteiger partial charge is 0.312 e. The van der Waals surface area contributed by atoms with Gasteiger partial charge >= 0.3 is 0 Å². The molecule has 2 aromatic rings. The van der Waals surface area contributed by atoms with Gasteiger partial charge in [-0.25, -0.2) is 0 Å². The van der Waals surface area contributed by atoms with Crippen LogP contribution in [0.5, 0.6) is 0 Å². The van der Waals surface area contributed by atoms with Crippen molar-refractivity contribution in [3.63, 3.8) is 0 Å². The van der Waals surface area contributed by atoms with Crippen LogP contribution in [0, 0.1) is 12.8 Å². The van der Waals surface area contributed by atoms with Crippen LogP contribution >= 0.6 is 11.6 Å². The maximum Gasteiger partial charge on any atom is 0.235 e. The van der Waals surface area contributed by atoms with Crippen molar-refractivity contribution in [3.05, 3.63) is 70.3 Å². The van der Waals surface area contributed by atoms with E-state index in [4.69, 9.17) is 16.6 Å². The number of carbonyl (C=O) groups is 2. The maximum absolute atomic E-state index is 13.1. The van der Waals surface area contributed by atoms with Gasteiger partial charge in [-0.1, -0.05) is 37.1 Å². The molecule has 1 aliphatic rings. The monoisotopic (exact) mass is 464 g/mol. The van der Waals surface area contributed by atoms with Crippen LogP contribution in [0.3, 0.4) is 0 Å². The number of Topliss-reactive ketones (excluding diaryl/α,β-unsaturated/α-hetero) is 1. The van der Waals surface area contributed by atoms with Crippen LogP contribution in [0.15, 0.2) is 53.5 Å². The number of allylic oxidation sites excluding steroid dienone is 1. The van der Waals surface area contributed by atoms with Crippen LogP contribution in [-0.2, 0) is 4.79 Å². The number of aryl methyl sites for hydroxylation is 1. The molecule has 1 saturated heterocycles. The van der Waals surface area contributed by atoms with Crippen molar-refractivity contribution in [3.8, 4) is 0 Å². The number of hydrogen-bond donors (Lipinski definition) is 0. The lowest BCUT2D eigenvalue weighted by Crippen LogP contribution is -2.29. The Bertz CT molecular complexity index is 1070. The molecule has 5 heteroatoms. The minimum Gasteiger partial charge on any atom is -0.312 e. The summed E-state index contributed by atoms with van der Waals surface area (Å²) in [4.78, 5) is 31.2. The van der Waals surface area contributed by atoms with Gasteiger partial charge < -0.3 is 4.90 Å². The molecule has 2 aromatic carbocycles. The normalized spacial score (nSPS) is 17.1. The van der Waals surface area contributed by atoms with Gasteiger partial charge in [0.1, 0.15) is 0 Å². The summed E-state index contributed by atoms with van der Waals surface area (Å²) in [5, 5.41) is 0.741. The van der Waals surface area contributed by atoms with E-state index in [1.165, 1.54) is 16.7 Å². The second kappa shape index (κ2) is 11.4. The summed E-state index contributed by atoms with van der Waals surface area (Å²) >= 11 is 6.26. The predicted octanol–water partition coefficient (Wildman–Crippen LogP) is 6.94. The third-order valence-electron chi connectivity index (χ3n) is 6.26. The van der Waals surface area contributed by atoms with E-state index in [0.29, 0.717) is 18.7 Å². The smallest absolute Gasteiger partial charge is 0.235 e.